The van der Waals surface area contributed by atoms with Crippen molar-refractivity contribution in [3.8, 4) is 5.75 Å². The van der Waals surface area contributed by atoms with Crippen molar-refractivity contribution >= 4 is 22.9 Å². The van der Waals surface area contributed by atoms with E-state index in [9.17, 15) is 0 Å². The van der Waals surface area contributed by atoms with Crippen LogP contribution < -0.4 is 10.1 Å². The maximum atomic E-state index is 5.94. The highest BCUT2D eigenvalue weighted by Gasteiger charge is 2.05. The Morgan fingerprint density at radius 2 is 2.20 bits per heavy atom. The minimum atomic E-state index is 0.625. The van der Waals surface area contributed by atoms with Gasteiger partial charge in [-0.2, -0.15) is 0 Å². The second-order valence-electron chi connectivity index (χ2n) is 4.40. The Hall–Kier alpha value is -2.20. The van der Waals surface area contributed by atoms with Crippen molar-refractivity contribution in [1.29, 1.82) is 0 Å². The number of benzene rings is 1. The molecule has 5 heteroatoms. The van der Waals surface area contributed by atoms with E-state index in [1.807, 2.05) is 47.1 Å². The third-order valence-corrected chi connectivity index (χ3v) is 3.27. The molecule has 102 valence electrons. The van der Waals surface area contributed by atoms with Gasteiger partial charge in [-0.05, 0) is 24.3 Å². The van der Waals surface area contributed by atoms with Crippen molar-refractivity contribution < 1.29 is 4.74 Å². The van der Waals surface area contributed by atoms with Gasteiger partial charge in [0.2, 0.25) is 0 Å². The summed E-state index contributed by atoms with van der Waals surface area (Å²) in [5.41, 5.74) is 2.80. The molecule has 0 spiro atoms. The Labute approximate surface area is 122 Å². The van der Waals surface area contributed by atoms with Crippen LogP contribution in [0.1, 0.15) is 5.69 Å². The minimum Gasteiger partial charge on any atom is -0.495 e. The second kappa shape index (κ2) is 5.43. The van der Waals surface area contributed by atoms with E-state index in [2.05, 4.69) is 10.3 Å². The van der Waals surface area contributed by atoms with E-state index >= 15 is 0 Å². The van der Waals surface area contributed by atoms with Crippen LogP contribution >= 0.6 is 11.6 Å². The summed E-state index contributed by atoms with van der Waals surface area (Å²) >= 11 is 5.94. The molecule has 0 bridgehead atoms. The van der Waals surface area contributed by atoms with Gasteiger partial charge in [-0.3, -0.25) is 0 Å². The van der Waals surface area contributed by atoms with Gasteiger partial charge in [0.25, 0.3) is 0 Å². The Morgan fingerprint density at radius 1 is 1.30 bits per heavy atom. The number of imidazole rings is 1. The predicted molar refractivity (Wildman–Crippen MR) is 80.5 cm³/mol. The highest BCUT2D eigenvalue weighted by molar-refractivity contribution is 6.30. The average molecular weight is 288 g/mol. The van der Waals surface area contributed by atoms with Crippen LogP contribution in [0, 0.1) is 0 Å². The number of nitrogens with zero attached hydrogens (tertiary/aromatic N) is 2. The van der Waals surface area contributed by atoms with Crippen molar-refractivity contribution in [2.24, 2.45) is 0 Å². The molecular weight excluding hydrogens is 274 g/mol. The van der Waals surface area contributed by atoms with Crippen molar-refractivity contribution in [3.05, 3.63) is 59.5 Å². The normalized spacial score (nSPS) is 10.7. The van der Waals surface area contributed by atoms with Crippen molar-refractivity contribution in [2.75, 3.05) is 12.4 Å². The number of halogens is 1. The van der Waals surface area contributed by atoms with Crippen LogP contribution in [-0.2, 0) is 6.54 Å². The smallest absolute Gasteiger partial charge is 0.143 e. The summed E-state index contributed by atoms with van der Waals surface area (Å²) in [4.78, 5) is 4.53. The fraction of sp³-hybridized carbons (Fsp3) is 0.133. The number of methoxy groups -OCH3 is 1. The van der Waals surface area contributed by atoms with Gasteiger partial charge in [0, 0.05) is 23.5 Å². The zero-order valence-corrected chi connectivity index (χ0v) is 11.8. The molecule has 0 atom stereocenters. The first-order chi connectivity index (χ1) is 9.76. The quantitative estimate of drug-likeness (QED) is 0.797. The maximum Gasteiger partial charge on any atom is 0.143 e. The number of fused-ring (bicyclic) bond motifs is 1. The van der Waals surface area contributed by atoms with E-state index in [1.165, 1.54) is 0 Å². The van der Waals surface area contributed by atoms with E-state index in [0.29, 0.717) is 11.6 Å². The maximum absolute atomic E-state index is 5.94. The molecule has 0 aliphatic rings. The number of aromatic nitrogens is 2. The van der Waals surface area contributed by atoms with Gasteiger partial charge in [0.1, 0.15) is 11.4 Å². The molecule has 0 fully saturated rings. The number of hydrogen-bond donors (Lipinski definition) is 1. The van der Waals surface area contributed by atoms with E-state index < -0.39 is 0 Å². The van der Waals surface area contributed by atoms with Gasteiger partial charge in [0.05, 0.1) is 25.0 Å². The van der Waals surface area contributed by atoms with Crippen molar-refractivity contribution in [3.63, 3.8) is 0 Å². The van der Waals surface area contributed by atoms with Gasteiger partial charge < -0.3 is 14.5 Å². The van der Waals surface area contributed by atoms with Gasteiger partial charge in [-0.1, -0.05) is 17.7 Å². The molecule has 2 aromatic heterocycles. The number of pyridine rings is 1. The lowest BCUT2D eigenvalue weighted by atomic mass is 10.3. The molecule has 3 aromatic rings. The zero-order valence-electron chi connectivity index (χ0n) is 11.0. The first kappa shape index (κ1) is 12.8. The molecule has 0 radical (unpaired) electrons. The summed E-state index contributed by atoms with van der Waals surface area (Å²) in [6.07, 6.45) is 3.99. The molecule has 3 rings (SSSR count). The Morgan fingerprint density at radius 3 is 3.00 bits per heavy atom. The molecule has 0 aliphatic carbocycles. The number of nitrogens with one attached hydrogen (secondary N) is 1. The second-order valence-corrected chi connectivity index (χ2v) is 4.83. The van der Waals surface area contributed by atoms with Crippen LogP contribution in [0.15, 0.2) is 48.8 Å². The molecule has 0 unspecified atom stereocenters. The van der Waals surface area contributed by atoms with Crippen LogP contribution in [0.5, 0.6) is 5.75 Å². The number of hydrogen-bond acceptors (Lipinski definition) is 3. The van der Waals surface area contributed by atoms with Crippen LogP contribution in [0.4, 0.5) is 5.69 Å². The lowest BCUT2D eigenvalue weighted by Crippen LogP contribution is -2.01. The van der Waals surface area contributed by atoms with E-state index in [-0.39, 0.29) is 0 Å². The largest absolute Gasteiger partial charge is 0.495 e. The fourth-order valence-electron chi connectivity index (χ4n) is 2.07. The van der Waals surface area contributed by atoms with Crippen LogP contribution in [0.25, 0.3) is 5.65 Å². The molecule has 20 heavy (non-hydrogen) atoms. The summed E-state index contributed by atoms with van der Waals surface area (Å²) in [5.74, 6) is 0.723. The zero-order chi connectivity index (χ0) is 13.9. The van der Waals surface area contributed by atoms with Gasteiger partial charge in [-0.25, -0.2) is 4.98 Å². The van der Waals surface area contributed by atoms with Gasteiger partial charge in [-0.15, -0.1) is 0 Å². The SMILES string of the molecule is COc1cc(Cl)ccc1NCc1cn2ccccc2n1. The first-order valence-corrected chi connectivity index (χ1v) is 6.64. The fourth-order valence-corrected chi connectivity index (χ4v) is 2.23. The monoisotopic (exact) mass is 287 g/mol. The molecule has 1 N–H and O–H groups in total. The lowest BCUT2D eigenvalue weighted by molar-refractivity contribution is 0.416. The Balaban J connectivity index is 1.79. The van der Waals surface area contributed by atoms with Gasteiger partial charge in [0.15, 0.2) is 0 Å². The summed E-state index contributed by atoms with van der Waals surface area (Å²) in [6, 6.07) is 11.4. The summed E-state index contributed by atoms with van der Waals surface area (Å²) in [6.45, 7) is 0.625. The molecule has 1 aromatic carbocycles. The van der Waals surface area contributed by atoms with Gasteiger partial charge >= 0.3 is 0 Å². The molecule has 0 aliphatic heterocycles. The summed E-state index contributed by atoms with van der Waals surface area (Å²) < 4.78 is 7.30. The average Bonchev–Trinajstić information content (AvgIpc) is 2.88. The number of rotatable bonds is 4. The topological polar surface area (TPSA) is 38.6 Å². The predicted octanol–water partition coefficient (Wildman–Crippen LogP) is 3.61. The van der Waals surface area contributed by atoms with Crippen molar-refractivity contribution in [2.45, 2.75) is 6.54 Å². The Bertz CT molecular complexity index is 706. The van der Waals surface area contributed by atoms with E-state index in [4.69, 9.17) is 16.3 Å². The summed E-state index contributed by atoms with van der Waals surface area (Å²) in [7, 11) is 1.63. The third-order valence-electron chi connectivity index (χ3n) is 3.04. The standard InChI is InChI=1S/C15H14ClN3O/c1-20-14-8-11(16)5-6-13(14)17-9-12-10-19-7-3-2-4-15(19)18-12/h2-8,10,17H,9H2,1H3. The minimum absolute atomic E-state index is 0.625. The van der Waals surface area contributed by atoms with E-state index in [0.717, 1.165) is 22.8 Å². The van der Waals surface area contributed by atoms with Crippen LogP contribution in [0.3, 0.4) is 0 Å². The number of anilines is 1. The number of ether oxygens (including phenoxy) is 1. The van der Waals surface area contributed by atoms with Crippen LogP contribution in [-0.4, -0.2) is 16.5 Å². The van der Waals surface area contributed by atoms with E-state index in [1.54, 1.807) is 13.2 Å². The highest BCUT2D eigenvalue weighted by atomic mass is 35.5. The molecule has 0 amide bonds. The molecule has 4 nitrogen and oxygen atoms in total. The molecule has 2 heterocycles. The summed E-state index contributed by atoms with van der Waals surface area (Å²) in [5, 5.41) is 3.96. The third kappa shape index (κ3) is 2.56. The first-order valence-electron chi connectivity index (χ1n) is 6.26. The van der Waals surface area contributed by atoms with Crippen LogP contribution in [0.2, 0.25) is 5.02 Å². The molecule has 0 saturated heterocycles. The van der Waals surface area contributed by atoms with Crippen molar-refractivity contribution in [1.82, 2.24) is 9.38 Å². The molecule has 0 saturated carbocycles. The highest BCUT2D eigenvalue weighted by Crippen LogP contribution is 2.28. The molecular formula is C15H14ClN3O. The lowest BCUT2D eigenvalue weighted by Gasteiger charge is -2.10. The Kier molecular flexibility index (Phi) is 3.48.